The minimum Gasteiger partial charge on any atom is -0.338 e. The third-order valence-electron chi connectivity index (χ3n) is 2.18. The van der Waals surface area contributed by atoms with Crippen LogP contribution in [0.3, 0.4) is 0 Å². The fourth-order valence-corrected chi connectivity index (χ4v) is 1.58. The summed E-state index contributed by atoms with van der Waals surface area (Å²) in [5.74, 6) is 0.630. The lowest BCUT2D eigenvalue weighted by Crippen LogP contribution is -2.52. The molecule has 0 spiro atoms. The van der Waals surface area contributed by atoms with Gasteiger partial charge in [-0.3, -0.25) is 0 Å². The maximum absolute atomic E-state index is 11.3. The molecule has 0 bridgehead atoms. The third-order valence-corrected chi connectivity index (χ3v) is 2.18. The molecule has 0 radical (unpaired) electrons. The van der Waals surface area contributed by atoms with Crippen molar-refractivity contribution in [2.45, 2.75) is 26.3 Å². The molecular weight excluding hydrogens is 178 g/mol. The molecule has 1 aliphatic rings. The number of hydrogen-bond donors (Lipinski definition) is 2. The van der Waals surface area contributed by atoms with Crippen LogP contribution in [-0.2, 0) is 0 Å². The number of rotatable bonds is 2. The van der Waals surface area contributed by atoms with Gasteiger partial charge < -0.3 is 15.5 Å². The van der Waals surface area contributed by atoms with Gasteiger partial charge in [0.25, 0.3) is 0 Å². The summed E-state index contributed by atoms with van der Waals surface area (Å²) < 4.78 is 0. The van der Waals surface area contributed by atoms with Crippen molar-refractivity contribution in [3.63, 3.8) is 0 Å². The summed E-state index contributed by atoms with van der Waals surface area (Å²) in [6.07, 6.45) is 0. The van der Waals surface area contributed by atoms with Crippen molar-refractivity contribution in [3.8, 4) is 0 Å². The number of amides is 2. The fraction of sp³-hybridized carbons (Fsp3) is 0.900. The van der Waals surface area contributed by atoms with E-state index < -0.39 is 0 Å². The van der Waals surface area contributed by atoms with Crippen molar-refractivity contribution in [3.05, 3.63) is 0 Å². The van der Waals surface area contributed by atoms with Gasteiger partial charge in [-0.2, -0.15) is 0 Å². The van der Waals surface area contributed by atoms with Gasteiger partial charge in [0, 0.05) is 31.1 Å². The predicted molar refractivity (Wildman–Crippen MR) is 57.3 cm³/mol. The number of carbonyl (C=O) groups is 1. The minimum absolute atomic E-state index is 0.0629. The van der Waals surface area contributed by atoms with E-state index in [4.69, 9.17) is 0 Å². The highest BCUT2D eigenvalue weighted by atomic mass is 16.2. The van der Waals surface area contributed by atoms with Gasteiger partial charge in [-0.1, -0.05) is 0 Å². The van der Waals surface area contributed by atoms with Crippen LogP contribution in [-0.4, -0.2) is 43.2 Å². The Hall–Kier alpha value is -0.770. The van der Waals surface area contributed by atoms with E-state index in [0.29, 0.717) is 5.92 Å². The molecule has 1 fully saturated rings. The first kappa shape index (κ1) is 11.3. The first-order chi connectivity index (χ1) is 6.37. The Kier molecular flexibility index (Phi) is 3.37. The zero-order valence-electron chi connectivity index (χ0n) is 9.55. The lowest BCUT2D eigenvalue weighted by molar-refractivity contribution is 0.133. The number of likely N-dealkylation sites (tertiary alicyclic amines) is 1. The Morgan fingerprint density at radius 1 is 1.43 bits per heavy atom. The summed E-state index contributed by atoms with van der Waals surface area (Å²) in [6.45, 7) is 8.90. The summed E-state index contributed by atoms with van der Waals surface area (Å²) in [6, 6.07) is -0.0629. The second-order valence-electron chi connectivity index (χ2n) is 5.17. The van der Waals surface area contributed by atoms with Crippen LogP contribution < -0.4 is 10.6 Å². The van der Waals surface area contributed by atoms with Crippen molar-refractivity contribution in [2.24, 2.45) is 5.92 Å². The molecule has 14 heavy (non-hydrogen) atoms. The smallest absolute Gasteiger partial charge is 0.315 e. The monoisotopic (exact) mass is 199 g/mol. The molecule has 1 heterocycles. The highest BCUT2D eigenvalue weighted by molar-refractivity contribution is 5.74. The molecule has 0 saturated carbocycles. The Morgan fingerprint density at radius 3 is 2.43 bits per heavy atom. The first-order valence-electron chi connectivity index (χ1n) is 5.11. The van der Waals surface area contributed by atoms with Gasteiger partial charge in [-0.25, -0.2) is 4.79 Å². The van der Waals surface area contributed by atoms with Crippen molar-refractivity contribution in [1.82, 2.24) is 15.5 Å². The zero-order chi connectivity index (χ0) is 10.8. The van der Waals surface area contributed by atoms with Gasteiger partial charge in [-0.05, 0) is 27.8 Å². The van der Waals surface area contributed by atoms with Crippen LogP contribution in [0, 0.1) is 5.92 Å². The summed E-state index contributed by atoms with van der Waals surface area (Å²) in [7, 11) is 2.09. The summed E-state index contributed by atoms with van der Waals surface area (Å²) >= 11 is 0. The molecule has 2 amide bonds. The Bertz CT molecular complexity index is 204. The van der Waals surface area contributed by atoms with E-state index in [9.17, 15) is 4.79 Å². The quantitative estimate of drug-likeness (QED) is 0.685. The van der Waals surface area contributed by atoms with Gasteiger partial charge in [0.05, 0.1) is 0 Å². The van der Waals surface area contributed by atoms with E-state index in [-0.39, 0.29) is 11.6 Å². The van der Waals surface area contributed by atoms with E-state index in [2.05, 4.69) is 22.6 Å². The minimum atomic E-state index is -0.152. The molecule has 1 saturated heterocycles. The molecule has 0 atom stereocenters. The van der Waals surface area contributed by atoms with Crippen LogP contribution in [0.1, 0.15) is 20.8 Å². The summed E-state index contributed by atoms with van der Waals surface area (Å²) in [5.41, 5.74) is -0.152. The normalized spacial score (nSPS) is 18.9. The Labute approximate surface area is 86.0 Å². The topological polar surface area (TPSA) is 44.4 Å². The highest BCUT2D eigenvalue weighted by Gasteiger charge is 2.23. The molecule has 0 aromatic heterocycles. The summed E-state index contributed by atoms with van der Waals surface area (Å²) in [4.78, 5) is 13.6. The maximum Gasteiger partial charge on any atom is 0.315 e. The highest BCUT2D eigenvalue weighted by Crippen LogP contribution is 2.10. The standard InChI is InChI=1S/C10H21N3O/c1-10(2,3)12-9(14)11-5-8-6-13(4)7-8/h8H,5-7H2,1-4H3,(H2,11,12,14). The van der Waals surface area contributed by atoms with E-state index in [0.717, 1.165) is 19.6 Å². The van der Waals surface area contributed by atoms with Crippen LogP contribution >= 0.6 is 0 Å². The van der Waals surface area contributed by atoms with Gasteiger partial charge in [0.1, 0.15) is 0 Å². The number of nitrogens with zero attached hydrogens (tertiary/aromatic N) is 1. The Morgan fingerprint density at radius 2 is 2.00 bits per heavy atom. The number of urea groups is 1. The SMILES string of the molecule is CN1CC(CNC(=O)NC(C)(C)C)C1. The maximum atomic E-state index is 11.3. The zero-order valence-corrected chi connectivity index (χ0v) is 9.55. The van der Waals surface area contributed by atoms with Crippen molar-refractivity contribution >= 4 is 6.03 Å². The van der Waals surface area contributed by atoms with E-state index in [1.54, 1.807) is 0 Å². The van der Waals surface area contributed by atoms with E-state index in [1.807, 2.05) is 20.8 Å². The molecule has 2 N–H and O–H groups in total. The van der Waals surface area contributed by atoms with Crippen LogP contribution in [0.5, 0.6) is 0 Å². The van der Waals surface area contributed by atoms with Crippen molar-refractivity contribution in [1.29, 1.82) is 0 Å². The molecule has 0 aliphatic carbocycles. The van der Waals surface area contributed by atoms with Gasteiger partial charge in [0.2, 0.25) is 0 Å². The second kappa shape index (κ2) is 4.17. The van der Waals surface area contributed by atoms with Crippen molar-refractivity contribution < 1.29 is 4.79 Å². The number of hydrogen-bond acceptors (Lipinski definition) is 2. The first-order valence-corrected chi connectivity index (χ1v) is 5.11. The molecule has 1 aliphatic heterocycles. The average Bonchev–Trinajstić information content (AvgIpc) is 1.92. The Balaban J connectivity index is 2.10. The molecule has 0 unspecified atom stereocenters. The van der Waals surface area contributed by atoms with Gasteiger partial charge in [0.15, 0.2) is 0 Å². The third kappa shape index (κ3) is 3.96. The van der Waals surface area contributed by atoms with Gasteiger partial charge >= 0.3 is 6.03 Å². The lowest BCUT2D eigenvalue weighted by atomic mass is 10.0. The largest absolute Gasteiger partial charge is 0.338 e. The van der Waals surface area contributed by atoms with E-state index >= 15 is 0 Å². The molecule has 4 nitrogen and oxygen atoms in total. The van der Waals surface area contributed by atoms with Crippen molar-refractivity contribution in [2.75, 3.05) is 26.7 Å². The fourth-order valence-electron chi connectivity index (χ4n) is 1.58. The van der Waals surface area contributed by atoms with Crippen LogP contribution in [0.2, 0.25) is 0 Å². The van der Waals surface area contributed by atoms with Crippen LogP contribution in [0.4, 0.5) is 4.79 Å². The van der Waals surface area contributed by atoms with Crippen LogP contribution in [0.15, 0.2) is 0 Å². The number of carbonyl (C=O) groups excluding carboxylic acids is 1. The molecule has 1 rings (SSSR count). The second-order valence-corrected chi connectivity index (χ2v) is 5.17. The lowest BCUT2D eigenvalue weighted by Gasteiger charge is -2.36. The predicted octanol–water partition coefficient (Wildman–Crippen LogP) is 0.646. The molecular formula is C10H21N3O. The van der Waals surface area contributed by atoms with Gasteiger partial charge in [-0.15, -0.1) is 0 Å². The molecule has 0 aromatic rings. The summed E-state index contributed by atoms with van der Waals surface area (Å²) in [5, 5.41) is 5.76. The molecule has 4 heteroatoms. The average molecular weight is 199 g/mol. The molecule has 0 aromatic carbocycles. The molecule has 82 valence electrons. The van der Waals surface area contributed by atoms with E-state index in [1.165, 1.54) is 0 Å². The van der Waals surface area contributed by atoms with Crippen LogP contribution in [0.25, 0.3) is 0 Å². The number of nitrogens with one attached hydrogen (secondary N) is 2.